The summed E-state index contributed by atoms with van der Waals surface area (Å²) in [6.07, 6.45) is 0.893. The van der Waals surface area contributed by atoms with Crippen LogP contribution in [0.3, 0.4) is 0 Å². The molecule has 0 bridgehead atoms. The molecule has 2 rings (SSSR count). The predicted octanol–water partition coefficient (Wildman–Crippen LogP) is 3.05. The molecule has 0 radical (unpaired) electrons. The van der Waals surface area contributed by atoms with Crippen molar-refractivity contribution in [3.63, 3.8) is 0 Å². The molecular formula is C17H25N3. The van der Waals surface area contributed by atoms with E-state index >= 15 is 0 Å². The van der Waals surface area contributed by atoms with Crippen molar-refractivity contribution in [1.82, 2.24) is 9.78 Å². The van der Waals surface area contributed by atoms with E-state index in [0.717, 1.165) is 18.7 Å². The van der Waals surface area contributed by atoms with Gasteiger partial charge in [0.25, 0.3) is 0 Å². The van der Waals surface area contributed by atoms with Crippen molar-refractivity contribution in [2.75, 3.05) is 0 Å². The molecule has 0 saturated carbocycles. The molecule has 0 aliphatic heterocycles. The second-order valence-electron chi connectivity index (χ2n) is 5.92. The van der Waals surface area contributed by atoms with Gasteiger partial charge in [0, 0.05) is 11.7 Å². The Morgan fingerprint density at radius 3 is 2.55 bits per heavy atom. The summed E-state index contributed by atoms with van der Waals surface area (Å²) in [6, 6.07) is 6.75. The predicted molar refractivity (Wildman–Crippen MR) is 84.1 cm³/mol. The van der Waals surface area contributed by atoms with Crippen LogP contribution in [-0.4, -0.2) is 15.8 Å². The number of nitrogens with zero attached hydrogens (tertiary/aromatic N) is 2. The quantitative estimate of drug-likeness (QED) is 0.929. The monoisotopic (exact) mass is 271 g/mol. The number of nitrogens with two attached hydrogens (primary N) is 1. The second-order valence-corrected chi connectivity index (χ2v) is 5.92. The van der Waals surface area contributed by atoms with Gasteiger partial charge in [-0.15, -0.1) is 0 Å². The minimum Gasteiger partial charge on any atom is -0.328 e. The van der Waals surface area contributed by atoms with Gasteiger partial charge in [0.05, 0.1) is 12.2 Å². The average Bonchev–Trinajstić information content (AvgIpc) is 2.61. The number of benzene rings is 1. The summed E-state index contributed by atoms with van der Waals surface area (Å²) in [4.78, 5) is 0. The highest BCUT2D eigenvalue weighted by atomic mass is 15.3. The molecule has 2 aromatic rings. The number of hydrogen-bond acceptors (Lipinski definition) is 2. The van der Waals surface area contributed by atoms with Crippen LogP contribution in [0.5, 0.6) is 0 Å². The lowest BCUT2D eigenvalue weighted by Crippen LogP contribution is -2.18. The Hall–Kier alpha value is -1.61. The first-order chi connectivity index (χ1) is 9.38. The van der Waals surface area contributed by atoms with Gasteiger partial charge in [0.1, 0.15) is 0 Å². The molecule has 1 heterocycles. The van der Waals surface area contributed by atoms with Crippen LogP contribution in [0.4, 0.5) is 0 Å². The molecule has 1 unspecified atom stereocenters. The van der Waals surface area contributed by atoms with E-state index in [1.807, 2.05) is 6.92 Å². The highest BCUT2D eigenvalue weighted by molar-refractivity contribution is 5.32. The zero-order valence-electron chi connectivity index (χ0n) is 13.2. The second kappa shape index (κ2) is 5.80. The van der Waals surface area contributed by atoms with E-state index in [-0.39, 0.29) is 6.04 Å². The van der Waals surface area contributed by atoms with Crippen LogP contribution in [0.15, 0.2) is 18.2 Å². The Labute approximate surface area is 121 Å². The highest BCUT2D eigenvalue weighted by Crippen LogP contribution is 2.18. The molecular weight excluding hydrogens is 246 g/mol. The van der Waals surface area contributed by atoms with Crippen LogP contribution in [-0.2, 0) is 13.0 Å². The lowest BCUT2D eigenvalue weighted by molar-refractivity contribution is 0.653. The Balaban J connectivity index is 2.32. The van der Waals surface area contributed by atoms with Gasteiger partial charge in [0.15, 0.2) is 0 Å². The Morgan fingerprint density at radius 2 is 1.90 bits per heavy atom. The van der Waals surface area contributed by atoms with Gasteiger partial charge in [-0.2, -0.15) is 5.10 Å². The summed E-state index contributed by atoms with van der Waals surface area (Å²) in [5.41, 5.74) is 13.5. The standard InChI is InChI=1S/C17H25N3/c1-11-6-7-12(2)16(8-11)10-20-15(5)17(9-13(3)18)14(4)19-20/h6-8,13H,9-10,18H2,1-5H3. The summed E-state index contributed by atoms with van der Waals surface area (Å²) < 4.78 is 2.11. The molecule has 0 spiro atoms. The molecule has 0 aliphatic rings. The lowest BCUT2D eigenvalue weighted by Gasteiger charge is -2.10. The van der Waals surface area contributed by atoms with Gasteiger partial charge in [-0.1, -0.05) is 23.8 Å². The van der Waals surface area contributed by atoms with Crippen LogP contribution in [0, 0.1) is 27.7 Å². The largest absolute Gasteiger partial charge is 0.328 e. The van der Waals surface area contributed by atoms with Gasteiger partial charge in [-0.25, -0.2) is 0 Å². The molecule has 20 heavy (non-hydrogen) atoms. The molecule has 2 N–H and O–H groups in total. The van der Waals surface area contributed by atoms with Crippen LogP contribution < -0.4 is 5.73 Å². The van der Waals surface area contributed by atoms with Crippen molar-refractivity contribution >= 4 is 0 Å². The van der Waals surface area contributed by atoms with Crippen molar-refractivity contribution in [2.24, 2.45) is 5.73 Å². The van der Waals surface area contributed by atoms with Gasteiger partial charge in [-0.3, -0.25) is 4.68 Å². The van der Waals surface area contributed by atoms with Crippen molar-refractivity contribution in [3.05, 3.63) is 51.8 Å². The fourth-order valence-corrected chi connectivity index (χ4v) is 2.64. The summed E-state index contributed by atoms with van der Waals surface area (Å²) in [5.74, 6) is 0. The molecule has 0 amide bonds. The Kier molecular flexibility index (Phi) is 4.29. The molecule has 0 fully saturated rings. The maximum atomic E-state index is 5.93. The molecule has 1 atom stereocenters. The third-order valence-electron chi connectivity index (χ3n) is 3.88. The van der Waals surface area contributed by atoms with E-state index in [0.29, 0.717) is 0 Å². The highest BCUT2D eigenvalue weighted by Gasteiger charge is 2.13. The smallest absolute Gasteiger partial charge is 0.0665 e. The maximum Gasteiger partial charge on any atom is 0.0665 e. The summed E-state index contributed by atoms with van der Waals surface area (Å²) in [7, 11) is 0. The van der Waals surface area contributed by atoms with Gasteiger partial charge in [-0.05, 0) is 57.7 Å². The lowest BCUT2D eigenvalue weighted by atomic mass is 10.0. The number of aromatic nitrogens is 2. The van der Waals surface area contributed by atoms with Crippen LogP contribution in [0.25, 0.3) is 0 Å². The number of rotatable bonds is 4. The minimum atomic E-state index is 0.172. The van der Waals surface area contributed by atoms with Crippen molar-refractivity contribution in [2.45, 2.75) is 53.6 Å². The SMILES string of the molecule is Cc1ccc(C)c(Cn2nc(C)c(CC(C)N)c2C)c1. The first-order valence-electron chi connectivity index (χ1n) is 7.23. The van der Waals surface area contributed by atoms with E-state index in [1.165, 1.54) is 27.9 Å². The fourth-order valence-electron chi connectivity index (χ4n) is 2.64. The van der Waals surface area contributed by atoms with E-state index < -0.39 is 0 Å². The van der Waals surface area contributed by atoms with E-state index in [9.17, 15) is 0 Å². The Morgan fingerprint density at radius 1 is 1.20 bits per heavy atom. The van der Waals surface area contributed by atoms with E-state index in [2.05, 4.69) is 50.6 Å². The topological polar surface area (TPSA) is 43.8 Å². The van der Waals surface area contributed by atoms with Gasteiger partial charge in [0.2, 0.25) is 0 Å². The van der Waals surface area contributed by atoms with Crippen LogP contribution in [0.2, 0.25) is 0 Å². The molecule has 3 heteroatoms. The number of aryl methyl sites for hydroxylation is 3. The molecule has 0 saturated heterocycles. The number of hydrogen-bond donors (Lipinski definition) is 1. The maximum absolute atomic E-state index is 5.93. The van der Waals surface area contributed by atoms with E-state index in [4.69, 9.17) is 10.8 Å². The normalized spacial score (nSPS) is 12.7. The van der Waals surface area contributed by atoms with Gasteiger partial charge < -0.3 is 5.73 Å². The molecule has 0 aliphatic carbocycles. The van der Waals surface area contributed by atoms with Crippen LogP contribution in [0.1, 0.15) is 40.6 Å². The van der Waals surface area contributed by atoms with Crippen molar-refractivity contribution in [3.8, 4) is 0 Å². The molecule has 1 aromatic heterocycles. The zero-order chi connectivity index (χ0) is 14.9. The van der Waals surface area contributed by atoms with Crippen molar-refractivity contribution in [1.29, 1.82) is 0 Å². The third-order valence-corrected chi connectivity index (χ3v) is 3.88. The van der Waals surface area contributed by atoms with Gasteiger partial charge >= 0.3 is 0 Å². The van der Waals surface area contributed by atoms with Crippen molar-refractivity contribution < 1.29 is 0 Å². The first-order valence-corrected chi connectivity index (χ1v) is 7.23. The van der Waals surface area contributed by atoms with Crippen LogP contribution >= 0.6 is 0 Å². The first kappa shape index (κ1) is 14.8. The molecule has 1 aromatic carbocycles. The minimum absolute atomic E-state index is 0.172. The average molecular weight is 271 g/mol. The summed E-state index contributed by atoms with van der Waals surface area (Å²) in [5, 5.41) is 4.69. The zero-order valence-corrected chi connectivity index (χ0v) is 13.2. The van der Waals surface area contributed by atoms with E-state index in [1.54, 1.807) is 0 Å². The molecule has 108 valence electrons. The Bertz CT molecular complexity index is 609. The summed E-state index contributed by atoms with van der Waals surface area (Å²) in [6.45, 7) is 11.4. The molecule has 3 nitrogen and oxygen atoms in total. The third kappa shape index (κ3) is 3.10. The summed E-state index contributed by atoms with van der Waals surface area (Å²) >= 11 is 0. The fraction of sp³-hybridized carbons (Fsp3) is 0.471.